The van der Waals surface area contributed by atoms with E-state index in [2.05, 4.69) is 6.92 Å². The molecule has 0 aromatic rings. The van der Waals surface area contributed by atoms with E-state index < -0.39 is 12.2 Å². The molecule has 0 saturated carbocycles. The van der Waals surface area contributed by atoms with Crippen LogP contribution in [-0.2, 0) is 19.0 Å². The quantitative estimate of drug-likeness (QED) is 0.0703. The van der Waals surface area contributed by atoms with Crippen LogP contribution in [0.25, 0.3) is 0 Å². The maximum absolute atomic E-state index is 11.7. The van der Waals surface area contributed by atoms with Gasteiger partial charge in [0.1, 0.15) is 6.10 Å². The third-order valence-electron chi connectivity index (χ3n) is 10.0. The van der Waals surface area contributed by atoms with E-state index in [1.807, 2.05) is 13.0 Å². The van der Waals surface area contributed by atoms with E-state index in [1.165, 1.54) is 70.6 Å². The molecule has 0 aromatic heterocycles. The van der Waals surface area contributed by atoms with Gasteiger partial charge in [0, 0.05) is 12.0 Å². The monoisotopic (exact) mass is 622 g/mol. The maximum Gasteiger partial charge on any atom is 0.334 e. The first-order valence-electron chi connectivity index (χ1n) is 18.6. The number of ether oxygens (including phenoxy) is 3. The highest BCUT2D eigenvalue weighted by atomic mass is 16.6. The Hall–Kier alpha value is -0.990. The predicted octanol–water partition coefficient (Wildman–Crippen LogP) is 7.86. The molecule has 3 rings (SSSR count). The van der Waals surface area contributed by atoms with Gasteiger partial charge in [-0.3, -0.25) is 0 Å². The van der Waals surface area contributed by atoms with Crippen LogP contribution >= 0.6 is 0 Å². The van der Waals surface area contributed by atoms with Crippen molar-refractivity contribution in [2.24, 2.45) is 0 Å². The Bertz CT molecular complexity index is 801. The normalized spacial score (nSPS) is 27.4. The van der Waals surface area contributed by atoms with Crippen molar-refractivity contribution in [3.05, 3.63) is 11.6 Å². The average molecular weight is 623 g/mol. The average Bonchev–Trinajstić information content (AvgIpc) is 3.75. The van der Waals surface area contributed by atoms with Gasteiger partial charge >= 0.3 is 5.97 Å². The van der Waals surface area contributed by atoms with E-state index >= 15 is 0 Å². The van der Waals surface area contributed by atoms with Crippen molar-refractivity contribution in [2.45, 2.75) is 217 Å². The summed E-state index contributed by atoms with van der Waals surface area (Å²) in [5, 5.41) is 31.6. The Labute approximate surface area is 268 Å². The number of carbonyl (C=O) groups excluding carboxylic acids is 1. The van der Waals surface area contributed by atoms with Crippen molar-refractivity contribution in [2.75, 3.05) is 0 Å². The number of rotatable bonds is 25. The summed E-state index contributed by atoms with van der Waals surface area (Å²) in [5.41, 5.74) is 0.617. The fourth-order valence-corrected chi connectivity index (χ4v) is 7.28. The predicted molar refractivity (Wildman–Crippen MR) is 175 cm³/mol. The molecule has 3 aliphatic rings. The maximum atomic E-state index is 11.7. The highest BCUT2D eigenvalue weighted by molar-refractivity contribution is 5.90. The molecule has 0 bridgehead atoms. The zero-order valence-corrected chi connectivity index (χ0v) is 28.1. The highest BCUT2D eigenvalue weighted by Gasteiger charge is 2.40. The summed E-state index contributed by atoms with van der Waals surface area (Å²) >= 11 is 0. The van der Waals surface area contributed by atoms with Crippen molar-refractivity contribution in [3.8, 4) is 0 Å². The Kier molecular flexibility index (Phi) is 18.5. The molecule has 7 heteroatoms. The van der Waals surface area contributed by atoms with Gasteiger partial charge in [-0.25, -0.2) is 4.79 Å². The van der Waals surface area contributed by atoms with Gasteiger partial charge in [-0.05, 0) is 57.9 Å². The molecule has 3 N–H and O–H groups in total. The first-order chi connectivity index (χ1) is 21.4. The molecule has 3 aliphatic heterocycles. The molecule has 7 nitrogen and oxygen atoms in total. The zero-order valence-electron chi connectivity index (χ0n) is 28.1. The summed E-state index contributed by atoms with van der Waals surface area (Å²) < 4.78 is 17.7. The second-order valence-corrected chi connectivity index (χ2v) is 14.0. The van der Waals surface area contributed by atoms with Crippen molar-refractivity contribution in [1.82, 2.24) is 0 Å². The topological polar surface area (TPSA) is 105 Å². The summed E-state index contributed by atoms with van der Waals surface area (Å²) in [6.45, 7) is 4.09. The van der Waals surface area contributed by atoms with E-state index in [-0.39, 0.29) is 42.6 Å². The molecule has 2 saturated heterocycles. The molecule has 44 heavy (non-hydrogen) atoms. The van der Waals surface area contributed by atoms with Crippen molar-refractivity contribution in [3.63, 3.8) is 0 Å². The molecule has 2 fully saturated rings. The van der Waals surface area contributed by atoms with Gasteiger partial charge in [0.05, 0.1) is 42.7 Å². The van der Waals surface area contributed by atoms with E-state index in [9.17, 15) is 20.1 Å². The number of aliphatic hydroxyl groups excluding tert-OH is 3. The second kappa shape index (κ2) is 21.7. The number of hydrogen-bond donors (Lipinski definition) is 3. The van der Waals surface area contributed by atoms with Gasteiger partial charge in [0.25, 0.3) is 0 Å². The van der Waals surface area contributed by atoms with Gasteiger partial charge in [-0.15, -0.1) is 0 Å². The third-order valence-corrected chi connectivity index (χ3v) is 10.0. The van der Waals surface area contributed by atoms with Gasteiger partial charge < -0.3 is 29.5 Å². The standard InChI is InChI=1S/C37H66O7/c1-3-4-5-6-7-11-14-17-20-31(39)33-22-24-35(43-33)36-25-23-34(44-36)32(40)21-18-15-12-9-8-10-13-16-19-30(38)27-29-26-28(2)42-37(29)41/h26,28,30-36,38-40H,3-25,27H2,1-2H3/t28-,30+,31+,32+,33-,34+,35-,36-/m0/s1. The number of aliphatic hydroxyl groups is 3. The molecule has 0 unspecified atom stereocenters. The number of unbranched alkanes of at least 4 members (excludes halogenated alkanes) is 14. The van der Waals surface area contributed by atoms with Gasteiger partial charge in [-0.1, -0.05) is 110 Å². The second-order valence-electron chi connectivity index (χ2n) is 14.0. The van der Waals surface area contributed by atoms with E-state index in [4.69, 9.17) is 14.2 Å². The summed E-state index contributed by atoms with van der Waals surface area (Å²) in [4.78, 5) is 11.7. The summed E-state index contributed by atoms with van der Waals surface area (Å²) in [6.07, 6.45) is 26.1. The number of carbonyl (C=O) groups is 1. The Morgan fingerprint density at radius 3 is 1.52 bits per heavy atom. The molecule has 0 aliphatic carbocycles. The van der Waals surface area contributed by atoms with E-state index in [0.717, 1.165) is 77.0 Å². The molecule has 0 amide bonds. The first kappa shape index (κ1) is 37.5. The zero-order chi connectivity index (χ0) is 31.6. The molecule has 3 heterocycles. The third kappa shape index (κ3) is 14.2. The lowest BCUT2D eigenvalue weighted by molar-refractivity contribution is -0.139. The molecule has 8 atom stereocenters. The molecule has 0 aromatic carbocycles. The number of hydrogen-bond acceptors (Lipinski definition) is 7. The largest absolute Gasteiger partial charge is 0.455 e. The van der Waals surface area contributed by atoms with Crippen LogP contribution in [0.2, 0.25) is 0 Å². The molecule has 0 spiro atoms. The molecule has 256 valence electrons. The number of cyclic esters (lactones) is 1. The highest BCUT2D eigenvalue weighted by Crippen LogP contribution is 2.34. The van der Waals surface area contributed by atoms with Crippen LogP contribution in [0.3, 0.4) is 0 Å². The fraction of sp³-hybridized carbons (Fsp3) is 0.919. The smallest absolute Gasteiger partial charge is 0.334 e. The molecular weight excluding hydrogens is 556 g/mol. The van der Waals surface area contributed by atoms with Crippen LogP contribution in [0.15, 0.2) is 11.6 Å². The summed E-state index contributed by atoms with van der Waals surface area (Å²) in [7, 11) is 0. The minimum atomic E-state index is -0.463. The SMILES string of the molecule is CCCCCCCCCC[C@@H](O)[C@@H]1CC[C@@H]([C@@H]2CC[C@H]([C@H](O)CCCCCCCCCC[C@@H](O)CC3=C[C@H](C)OC3=O)O2)O1. The van der Waals surface area contributed by atoms with Crippen LogP contribution < -0.4 is 0 Å². The summed E-state index contributed by atoms with van der Waals surface area (Å²) in [6, 6.07) is 0. The fourth-order valence-electron chi connectivity index (χ4n) is 7.28. The minimum Gasteiger partial charge on any atom is -0.455 e. The first-order valence-corrected chi connectivity index (χ1v) is 18.6. The van der Waals surface area contributed by atoms with Crippen LogP contribution in [0.5, 0.6) is 0 Å². The van der Waals surface area contributed by atoms with Gasteiger partial charge in [0.15, 0.2) is 0 Å². The van der Waals surface area contributed by atoms with Crippen molar-refractivity contribution >= 4 is 5.97 Å². The molecule has 0 radical (unpaired) electrons. The van der Waals surface area contributed by atoms with Crippen molar-refractivity contribution in [1.29, 1.82) is 0 Å². The van der Waals surface area contributed by atoms with Crippen LogP contribution in [-0.4, -0.2) is 70.1 Å². The van der Waals surface area contributed by atoms with E-state index in [1.54, 1.807) is 0 Å². The van der Waals surface area contributed by atoms with Crippen molar-refractivity contribution < 1.29 is 34.3 Å². The number of esters is 1. The Morgan fingerprint density at radius 1 is 0.659 bits per heavy atom. The Balaban J connectivity index is 1.13. The lowest BCUT2D eigenvalue weighted by Crippen LogP contribution is -2.33. The summed E-state index contributed by atoms with van der Waals surface area (Å²) in [5.74, 6) is -0.281. The van der Waals surface area contributed by atoms with Crippen LogP contribution in [0.1, 0.15) is 168 Å². The van der Waals surface area contributed by atoms with Crippen LogP contribution in [0, 0.1) is 0 Å². The van der Waals surface area contributed by atoms with Gasteiger partial charge in [0.2, 0.25) is 0 Å². The lowest BCUT2D eigenvalue weighted by Gasteiger charge is -2.24. The minimum absolute atomic E-state index is 0.0519. The lowest BCUT2D eigenvalue weighted by atomic mass is 10.00. The molecular formula is C37H66O7. The van der Waals surface area contributed by atoms with Gasteiger partial charge in [-0.2, -0.15) is 0 Å². The van der Waals surface area contributed by atoms with Crippen LogP contribution in [0.4, 0.5) is 0 Å². The van der Waals surface area contributed by atoms with E-state index in [0.29, 0.717) is 12.0 Å². The Morgan fingerprint density at radius 2 is 1.09 bits per heavy atom.